The fraction of sp³-hybridized carbons (Fsp3) is 0.458. The smallest absolute Gasteiger partial charge is 0.410 e. The van der Waals surface area contributed by atoms with Crippen molar-refractivity contribution in [1.82, 2.24) is 14.8 Å². The Morgan fingerprint density at radius 3 is 2.38 bits per heavy atom. The summed E-state index contributed by atoms with van der Waals surface area (Å²) in [5.41, 5.74) is 0.845. The summed E-state index contributed by atoms with van der Waals surface area (Å²) < 4.78 is 12.6. The van der Waals surface area contributed by atoms with E-state index in [2.05, 4.69) is 5.32 Å². The zero-order chi connectivity index (χ0) is 23.1. The van der Waals surface area contributed by atoms with Crippen LogP contribution in [0.15, 0.2) is 48.7 Å². The Kier molecular flexibility index (Phi) is 7.56. The summed E-state index contributed by atoms with van der Waals surface area (Å²) in [5, 5.41) is 2.63. The molecule has 1 aromatic heterocycles. The number of benzene rings is 1. The molecule has 1 aliphatic heterocycles. The molecule has 2 heterocycles. The van der Waals surface area contributed by atoms with E-state index in [1.165, 1.54) is 0 Å². The number of nitrogens with zero attached hydrogens (tertiary/aromatic N) is 2. The molecule has 1 fully saturated rings. The van der Waals surface area contributed by atoms with Crippen LogP contribution in [0.2, 0.25) is 0 Å². The molecule has 0 spiro atoms. The number of nitrogens with one attached hydrogen (secondary N) is 1. The molecule has 0 atom stereocenters. The van der Waals surface area contributed by atoms with E-state index in [4.69, 9.17) is 9.47 Å². The maximum atomic E-state index is 12.7. The number of aromatic nitrogens is 1. The van der Waals surface area contributed by atoms with E-state index in [1.807, 2.05) is 67.9 Å². The third-order valence-corrected chi connectivity index (χ3v) is 5.16. The summed E-state index contributed by atoms with van der Waals surface area (Å²) in [6.07, 6.45) is 2.98. The molecular weight excluding hydrogens is 410 g/mol. The van der Waals surface area contributed by atoms with Gasteiger partial charge in [-0.15, -0.1) is 0 Å². The highest BCUT2D eigenvalue weighted by molar-refractivity contribution is 5.94. The van der Waals surface area contributed by atoms with Crippen LogP contribution in [0.25, 0.3) is 0 Å². The number of carbonyl (C=O) groups excluding carboxylic acids is 3. The van der Waals surface area contributed by atoms with Gasteiger partial charge in [0.2, 0.25) is 0 Å². The average Bonchev–Trinajstić information content (AvgIpc) is 3.26. The van der Waals surface area contributed by atoms with Crippen LogP contribution in [0.5, 0.6) is 0 Å². The van der Waals surface area contributed by atoms with Gasteiger partial charge in [0.25, 0.3) is 5.91 Å². The lowest BCUT2D eigenvalue weighted by Gasteiger charge is -2.34. The topological polar surface area (TPSA) is 89.9 Å². The van der Waals surface area contributed by atoms with Crippen LogP contribution in [-0.2, 0) is 20.9 Å². The molecule has 172 valence electrons. The van der Waals surface area contributed by atoms with E-state index in [0.29, 0.717) is 31.6 Å². The molecule has 0 aliphatic carbocycles. The molecule has 32 heavy (non-hydrogen) atoms. The van der Waals surface area contributed by atoms with Gasteiger partial charge in [-0.3, -0.25) is 9.59 Å². The minimum atomic E-state index is -0.526. The Bertz CT molecular complexity index is 925. The number of hydrogen-bond acceptors (Lipinski definition) is 5. The predicted octanol–water partition coefficient (Wildman–Crippen LogP) is 3.53. The number of esters is 1. The second-order valence-electron chi connectivity index (χ2n) is 8.83. The van der Waals surface area contributed by atoms with Crippen molar-refractivity contribution in [2.45, 2.75) is 51.9 Å². The van der Waals surface area contributed by atoms with Gasteiger partial charge < -0.3 is 24.3 Å². The Labute approximate surface area is 188 Å². The molecule has 0 unspecified atom stereocenters. The number of carbonyl (C=O) groups is 3. The Morgan fingerprint density at radius 2 is 1.72 bits per heavy atom. The second-order valence-corrected chi connectivity index (χ2v) is 8.83. The largest absolute Gasteiger partial charge is 0.460 e. The van der Waals surface area contributed by atoms with Crippen LogP contribution in [0.3, 0.4) is 0 Å². The third-order valence-electron chi connectivity index (χ3n) is 5.16. The summed E-state index contributed by atoms with van der Waals surface area (Å²) in [6, 6.07) is 13.0. The molecule has 1 saturated heterocycles. The van der Waals surface area contributed by atoms with E-state index in [0.717, 1.165) is 5.56 Å². The van der Waals surface area contributed by atoms with Crippen molar-refractivity contribution in [3.63, 3.8) is 0 Å². The highest BCUT2D eigenvalue weighted by atomic mass is 16.6. The number of hydrogen-bond donors (Lipinski definition) is 1. The van der Waals surface area contributed by atoms with E-state index >= 15 is 0 Å². The van der Waals surface area contributed by atoms with Gasteiger partial charge in [0.1, 0.15) is 24.4 Å². The van der Waals surface area contributed by atoms with Gasteiger partial charge in [0.15, 0.2) is 0 Å². The van der Waals surface area contributed by atoms with Crippen LogP contribution in [0, 0.1) is 0 Å². The van der Waals surface area contributed by atoms with E-state index in [-0.39, 0.29) is 31.2 Å². The van der Waals surface area contributed by atoms with E-state index in [1.54, 1.807) is 11.0 Å². The summed E-state index contributed by atoms with van der Waals surface area (Å²) in [4.78, 5) is 38.6. The first-order valence-corrected chi connectivity index (χ1v) is 10.9. The van der Waals surface area contributed by atoms with Gasteiger partial charge in [-0.2, -0.15) is 0 Å². The number of likely N-dealkylation sites (tertiary alicyclic amines) is 1. The average molecular weight is 442 g/mol. The monoisotopic (exact) mass is 441 g/mol. The van der Waals surface area contributed by atoms with Crippen molar-refractivity contribution in [2.24, 2.45) is 0 Å². The molecule has 1 N–H and O–H groups in total. The summed E-state index contributed by atoms with van der Waals surface area (Å²) in [5.74, 6) is -0.827. The van der Waals surface area contributed by atoms with Gasteiger partial charge in [-0.05, 0) is 51.3 Å². The van der Waals surface area contributed by atoms with Crippen molar-refractivity contribution in [2.75, 3.05) is 19.6 Å². The van der Waals surface area contributed by atoms with Crippen LogP contribution in [0.4, 0.5) is 4.79 Å². The zero-order valence-corrected chi connectivity index (χ0v) is 18.9. The van der Waals surface area contributed by atoms with Gasteiger partial charge in [0.05, 0.1) is 0 Å². The number of piperidine rings is 1. The fourth-order valence-corrected chi connectivity index (χ4v) is 3.59. The normalized spacial score (nSPS) is 14.7. The Hall–Kier alpha value is -3.29. The first-order chi connectivity index (χ1) is 15.2. The molecular formula is C24H31N3O5. The lowest BCUT2D eigenvalue weighted by Crippen LogP contribution is -2.42. The van der Waals surface area contributed by atoms with Crippen molar-refractivity contribution in [3.8, 4) is 0 Å². The Morgan fingerprint density at radius 1 is 1.03 bits per heavy atom. The molecule has 8 nitrogen and oxygen atoms in total. The fourth-order valence-electron chi connectivity index (χ4n) is 3.59. The molecule has 0 radical (unpaired) electrons. The summed E-state index contributed by atoms with van der Waals surface area (Å²) in [6.45, 7) is 6.63. The predicted molar refractivity (Wildman–Crippen MR) is 119 cm³/mol. The van der Waals surface area contributed by atoms with Gasteiger partial charge in [0, 0.05) is 25.3 Å². The highest BCUT2D eigenvalue weighted by Gasteiger charge is 2.28. The molecule has 1 aliphatic rings. The highest BCUT2D eigenvalue weighted by Crippen LogP contribution is 2.25. The lowest BCUT2D eigenvalue weighted by molar-refractivity contribution is -0.143. The molecule has 8 heteroatoms. The lowest BCUT2D eigenvalue weighted by atomic mass is 10.0. The van der Waals surface area contributed by atoms with Gasteiger partial charge in [-0.1, -0.05) is 30.3 Å². The van der Waals surface area contributed by atoms with Gasteiger partial charge in [-0.25, -0.2) is 4.79 Å². The SMILES string of the molecule is CC(C)(C)OC(=O)N1CCC(n2cccc2C(=O)NCC(=O)OCc2ccccc2)CC1. The van der Waals surface area contributed by atoms with E-state index < -0.39 is 11.6 Å². The number of amides is 2. The minimum absolute atomic E-state index is 0.0921. The van der Waals surface area contributed by atoms with Crippen molar-refractivity contribution in [3.05, 3.63) is 59.9 Å². The van der Waals surface area contributed by atoms with E-state index in [9.17, 15) is 14.4 Å². The molecule has 2 aromatic rings. The minimum Gasteiger partial charge on any atom is -0.460 e. The van der Waals surface area contributed by atoms with Crippen LogP contribution < -0.4 is 5.32 Å². The second kappa shape index (κ2) is 10.3. The maximum absolute atomic E-state index is 12.7. The van der Waals surface area contributed by atoms with Crippen molar-refractivity contribution in [1.29, 1.82) is 0 Å². The van der Waals surface area contributed by atoms with Crippen LogP contribution in [0.1, 0.15) is 55.7 Å². The van der Waals surface area contributed by atoms with Gasteiger partial charge >= 0.3 is 12.1 Å². The zero-order valence-electron chi connectivity index (χ0n) is 18.9. The quantitative estimate of drug-likeness (QED) is 0.693. The maximum Gasteiger partial charge on any atom is 0.410 e. The van der Waals surface area contributed by atoms with Crippen LogP contribution in [-0.4, -0.2) is 52.7 Å². The third kappa shape index (κ3) is 6.60. The summed E-state index contributed by atoms with van der Waals surface area (Å²) in [7, 11) is 0. The standard InChI is InChI=1S/C24H31N3O5/c1-24(2,3)32-23(30)26-14-11-19(12-15-26)27-13-7-10-20(27)22(29)25-16-21(28)31-17-18-8-5-4-6-9-18/h4-10,13,19H,11-12,14-17H2,1-3H3,(H,25,29). The molecule has 0 bridgehead atoms. The molecule has 1 aromatic carbocycles. The molecule has 3 rings (SSSR count). The van der Waals surface area contributed by atoms with Crippen LogP contribution >= 0.6 is 0 Å². The number of rotatable bonds is 6. The molecule has 0 saturated carbocycles. The first-order valence-electron chi connectivity index (χ1n) is 10.9. The Balaban J connectivity index is 1.48. The van der Waals surface area contributed by atoms with Crippen molar-refractivity contribution >= 4 is 18.0 Å². The number of ether oxygens (including phenoxy) is 2. The summed E-state index contributed by atoms with van der Waals surface area (Å²) >= 11 is 0. The van der Waals surface area contributed by atoms with Crippen molar-refractivity contribution < 1.29 is 23.9 Å². The molecule has 2 amide bonds. The first kappa shape index (κ1) is 23.4.